The van der Waals surface area contributed by atoms with Crippen molar-refractivity contribution < 1.29 is 14.3 Å². The van der Waals surface area contributed by atoms with Crippen LogP contribution >= 0.6 is 34.5 Å². The van der Waals surface area contributed by atoms with Crippen molar-refractivity contribution in [2.24, 2.45) is 5.73 Å². The van der Waals surface area contributed by atoms with E-state index in [-0.39, 0.29) is 12.2 Å². The standard InChI is InChI=1S/C18H14Cl2N2O3S/c19-11-1-4-14(5-2-11)24-9-17-22-13(10-26-17)8-25-16-7-12(20)3-6-15(16)18(21)23/h1-7,10H,8-9H2,(H2,21,23). The minimum atomic E-state index is -0.577. The summed E-state index contributed by atoms with van der Waals surface area (Å²) in [5.41, 5.74) is 6.34. The van der Waals surface area contributed by atoms with Gasteiger partial charge in [0, 0.05) is 15.4 Å². The number of hydrogen-bond donors (Lipinski definition) is 1. The van der Waals surface area contributed by atoms with Crippen molar-refractivity contribution in [3.63, 3.8) is 0 Å². The molecule has 2 N–H and O–H groups in total. The average Bonchev–Trinajstić information content (AvgIpc) is 3.07. The maximum absolute atomic E-state index is 11.5. The van der Waals surface area contributed by atoms with Crippen LogP contribution < -0.4 is 15.2 Å². The Bertz CT molecular complexity index is 913. The zero-order valence-corrected chi connectivity index (χ0v) is 15.8. The monoisotopic (exact) mass is 408 g/mol. The summed E-state index contributed by atoms with van der Waals surface area (Å²) in [6.07, 6.45) is 0. The van der Waals surface area contributed by atoms with Gasteiger partial charge in [-0.25, -0.2) is 4.98 Å². The van der Waals surface area contributed by atoms with E-state index >= 15 is 0 Å². The number of primary amides is 1. The van der Waals surface area contributed by atoms with E-state index in [9.17, 15) is 4.79 Å². The number of aromatic nitrogens is 1. The number of thiazole rings is 1. The lowest BCUT2D eigenvalue weighted by Gasteiger charge is -2.08. The summed E-state index contributed by atoms with van der Waals surface area (Å²) in [4.78, 5) is 15.9. The van der Waals surface area contributed by atoms with E-state index in [1.54, 1.807) is 36.4 Å². The highest BCUT2D eigenvalue weighted by Gasteiger charge is 2.11. The van der Waals surface area contributed by atoms with Gasteiger partial charge in [-0.15, -0.1) is 11.3 Å². The third-order valence-electron chi connectivity index (χ3n) is 3.36. The minimum absolute atomic E-state index is 0.193. The number of halogens is 2. The average molecular weight is 409 g/mol. The van der Waals surface area contributed by atoms with Crippen molar-refractivity contribution >= 4 is 40.4 Å². The van der Waals surface area contributed by atoms with Gasteiger partial charge in [-0.1, -0.05) is 23.2 Å². The summed E-state index contributed by atoms with van der Waals surface area (Å²) in [5, 5.41) is 3.79. The van der Waals surface area contributed by atoms with Crippen molar-refractivity contribution in [1.82, 2.24) is 4.98 Å². The van der Waals surface area contributed by atoms with Gasteiger partial charge in [-0.05, 0) is 42.5 Å². The Hall–Kier alpha value is -2.28. The molecule has 0 aliphatic rings. The Morgan fingerprint density at radius 1 is 1.04 bits per heavy atom. The van der Waals surface area contributed by atoms with Crippen molar-refractivity contribution in [3.05, 3.63) is 74.2 Å². The van der Waals surface area contributed by atoms with Gasteiger partial charge in [0.15, 0.2) is 0 Å². The van der Waals surface area contributed by atoms with Crippen molar-refractivity contribution in [1.29, 1.82) is 0 Å². The number of hydrogen-bond acceptors (Lipinski definition) is 5. The van der Waals surface area contributed by atoms with Gasteiger partial charge in [0.05, 0.1) is 11.3 Å². The fourth-order valence-electron chi connectivity index (χ4n) is 2.13. The quantitative estimate of drug-likeness (QED) is 0.614. The summed E-state index contributed by atoms with van der Waals surface area (Å²) in [6.45, 7) is 0.536. The molecular weight excluding hydrogens is 395 g/mol. The summed E-state index contributed by atoms with van der Waals surface area (Å²) >= 11 is 13.2. The molecular formula is C18H14Cl2N2O3S. The van der Waals surface area contributed by atoms with Crippen molar-refractivity contribution in [2.75, 3.05) is 0 Å². The first kappa shape index (κ1) is 18.5. The summed E-state index contributed by atoms with van der Waals surface area (Å²) in [5.74, 6) is 0.469. The number of nitrogens with two attached hydrogens (primary N) is 1. The van der Waals surface area contributed by atoms with Crippen molar-refractivity contribution in [2.45, 2.75) is 13.2 Å². The normalized spacial score (nSPS) is 10.5. The first-order chi connectivity index (χ1) is 12.5. The Labute approximate surface area is 164 Å². The van der Waals surface area contributed by atoms with E-state index in [0.29, 0.717) is 28.2 Å². The lowest BCUT2D eigenvalue weighted by atomic mass is 10.2. The molecule has 1 amide bonds. The molecule has 26 heavy (non-hydrogen) atoms. The van der Waals surface area contributed by atoms with Crippen LogP contribution in [0.15, 0.2) is 47.8 Å². The van der Waals surface area contributed by atoms with Gasteiger partial charge in [0.1, 0.15) is 29.7 Å². The van der Waals surface area contributed by atoms with Crippen LogP contribution in [0.4, 0.5) is 0 Å². The molecule has 0 bridgehead atoms. The number of rotatable bonds is 7. The molecule has 0 aliphatic carbocycles. The van der Waals surface area contributed by atoms with Gasteiger partial charge in [-0.2, -0.15) is 0 Å². The number of amides is 1. The van der Waals surface area contributed by atoms with Crippen LogP contribution in [0.3, 0.4) is 0 Å². The van der Waals surface area contributed by atoms with E-state index in [0.717, 1.165) is 10.7 Å². The topological polar surface area (TPSA) is 74.4 Å². The highest BCUT2D eigenvalue weighted by molar-refractivity contribution is 7.09. The maximum Gasteiger partial charge on any atom is 0.252 e. The molecule has 0 saturated carbocycles. The molecule has 0 radical (unpaired) electrons. The second-order valence-corrected chi connectivity index (χ2v) is 7.08. The summed E-state index contributed by atoms with van der Waals surface area (Å²) < 4.78 is 11.3. The molecule has 0 saturated heterocycles. The predicted molar refractivity (Wildman–Crippen MR) is 102 cm³/mol. The van der Waals surface area contributed by atoms with Gasteiger partial charge in [-0.3, -0.25) is 4.79 Å². The lowest BCUT2D eigenvalue weighted by molar-refractivity contribution is 0.0996. The molecule has 0 unspecified atom stereocenters. The third-order valence-corrected chi connectivity index (χ3v) is 4.72. The molecule has 1 heterocycles. The Kier molecular flexibility index (Phi) is 5.98. The predicted octanol–water partition coefficient (Wildman–Crippen LogP) is 4.71. The fourth-order valence-corrected chi connectivity index (χ4v) is 3.11. The number of benzene rings is 2. The maximum atomic E-state index is 11.5. The van der Waals surface area contributed by atoms with Gasteiger partial charge < -0.3 is 15.2 Å². The van der Waals surface area contributed by atoms with Crippen LogP contribution in [0.2, 0.25) is 10.0 Å². The zero-order valence-electron chi connectivity index (χ0n) is 13.4. The highest BCUT2D eigenvalue weighted by Crippen LogP contribution is 2.24. The minimum Gasteiger partial charge on any atom is -0.486 e. The Morgan fingerprint density at radius 3 is 2.50 bits per heavy atom. The van der Waals surface area contributed by atoms with Crippen LogP contribution in [0, 0.1) is 0 Å². The SMILES string of the molecule is NC(=O)c1ccc(Cl)cc1OCc1csc(COc2ccc(Cl)cc2)n1. The first-order valence-electron chi connectivity index (χ1n) is 7.55. The van der Waals surface area contributed by atoms with Gasteiger partial charge in [0.2, 0.25) is 0 Å². The van der Waals surface area contributed by atoms with Crippen LogP contribution in [0.5, 0.6) is 11.5 Å². The fraction of sp³-hybridized carbons (Fsp3) is 0.111. The molecule has 5 nitrogen and oxygen atoms in total. The van der Waals surface area contributed by atoms with Crippen molar-refractivity contribution in [3.8, 4) is 11.5 Å². The molecule has 8 heteroatoms. The number of carbonyl (C=O) groups is 1. The lowest BCUT2D eigenvalue weighted by Crippen LogP contribution is -2.13. The smallest absolute Gasteiger partial charge is 0.252 e. The zero-order chi connectivity index (χ0) is 18.5. The molecule has 1 aromatic heterocycles. The second kappa shape index (κ2) is 8.40. The van der Waals surface area contributed by atoms with Crippen LogP contribution in [-0.2, 0) is 13.2 Å². The molecule has 134 valence electrons. The second-order valence-electron chi connectivity index (χ2n) is 5.27. The Morgan fingerprint density at radius 2 is 1.77 bits per heavy atom. The molecule has 0 fully saturated rings. The van der Waals surface area contributed by atoms with E-state index in [4.69, 9.17) is 38.4 Å². The molecule has 0 atom stereocenters. The van der Waals surface area contributed by atoms with Gasteiger partial charge >= 0.3 is 0 Å². The Balaban J connectivity index is 1.59. The molecule has 3 rings (SSSR count). The van der Waals surface area contributed by atoms with E-state index in [1.165, 1.54) is 17.4 Å². The molecule has 2 aromatic carbocycles. The summed E-state index contributed by atoms with van der Waals surface area (Å²) in [6, 6.07) is 11.8. The highest BCUT2D eigenvalue weighted by atomic mass is 35.5. The van der Waals surface area contributed by atoms with E-state index in [2.05, 4.69) is 4.98 Å². The van der Waals surface area contributed by atoms with E-state index in [1.807, 2.05) is 5.38 Å². The molecule has 3 aromatic rings. The van der Waals surface area contributed by atoms with Crippen LogP contribution in [0.25, 0.3) is 0 Å². The number of ether oxygens (including phenoxy) is 2. The number of carbonyl (C=O) groups excluding carboxylic acids is 1. The number of nitrogens with zero attached hydrogens (tertiary/aromatic N) is 1. The van der Waals surface area contributed by atoms with E-state index < -0.39 is 5.91 Å². The first-order valence-corrected chi connectivity index (χ1v) is 9.18. The van der Waals surface area contributed by atoms with Crippen LogP contribution in [-0.4, -0.2) is 10.9 Å². The summed E-state index contributed by atoms with van der Waals surface area (Å²) in [7, 11) is 0. The largest absolute Gasteiger partial charge is 0.486 e. The van der Waals surface area contributed by atoms with Crippen LogP contribution in [0.1, 0.15) is 21.1 Å². The molecule has 0 aliphatic heterocycles. The third kappa shape index (κ3) is 4.88. The van der Waals surface area contributed by atoms with Gasteiger partial charge in [0.25, 0.3) is 5.91 Å². The molecule has 0 spiro atoms.